The van der Waals surface area contributed by atoms with Gasteiger partial charge in [0.1, 0.15) is 66.5 Å². The van der Waals surface area contributed by atoms with Crippen molar-refractivity contribution < 1.29 is 66.3 Å². The summed E-state index contributed by atoms with van der Waals surface area (Å²) < 4.78 is 26.3. The Bertz CT molecular complexity index is 2790. The molecule has 0 bridgehead atoms. The maximum Gasteiger partial charge on any atom is 0.246 e. The van der Waals surface area contributed by atoms with Crippen molar-refractivity contribution in [3.63, 3.8) is 0 Å². The summed E-state index contributed by atoms with van der Waals surface area (Å²) in [5.74, 6) is -11.0. The molecule has 0 aromatic carbocycles. The lowest BCUT2D eigenvalue weighted by atomic mass is 9.91. The van der Waals surface area contributed by atoms with Gasteiger partial charge >= 0.3 is 0 Å². The minimum atomic E-state index is -3.50. The number of likely N-dealkylation sites (N-methyl/N-ethyl adjacent to an activating group) is 7. The number of sulfonamides is 1. The molecule has 0 aromatic rings. The van der Waals surface area contributed by atoms with Gasteiger partial charge in [-0.3, -0.25) is 52.7 Å². The van der Waals surface area contributed by atoms with Crippen LogP contribution < -0.4 is 21.3 Å². The molecule has 27 nitrogen and oxygen atoms in total. The molecular formula is C67H121N13O14S. The van der Waals surface area contributed by atoms with Crippen molar-refractivity contribution >= 4 is 75.0 Å². The van der Waals surface area contributed by atoms with Gasteiger partial charge in [-0.25, -0.2) is 8.42 Å². The lowest BCUT2D eigenvalue weighted by Gasteiger charge is -2.41. The Morgan fingerprint density at radius 3 is 1.39 bits per heavy atom. The number of nitrogens with zero attached hydrogens (tertiary/aromatic N) is 9. The van der Waals surface area contributed by atoms with E-state index in [4.69, 9.17) is 0 Å². The third-order valence-corrected chi connectivity index (χ3v) is 20.0. The Morgan fingerprint density at radius 1 is 0.484 bits per heavy atom. The normalized spacial score (nSPS) is 28.0. The molecule has 0 aliphatic carbocycles. The first-order valence-electron chi connectivity index (χ1n) is 33.9. The smallest absolute Gasteiger partial charge is 0.246 e. The van der Waals surface area contributed by atoms with Gasteiger partial charge in [-0.15, -0.1) is 0 Å². The van der Waals surface area contributed by atoms with Crippen LogP contribution in [0.25, 0.3) is 0 Å². The quantitative estimate of drug-likeness (QED) is 0.130. The number of hydrogen-bond donors (Lipinski definition) is 5. The van der Waals surface area contributed by atoms with Crippen molar-refractivity contribution in [2.75, 3.05) is 88.3 Å². The van der Waals surface area contributed by atoms with E-state index >= 15 is 28.8 Å². The summed E-state index contributed by atoms with van der Waals surface area (Å²) in [4.78, 5) is 174. The second-order valence-electron chi connectivity index (χ2n) is 28.7. The fourth-order valence-electron chi connectivity index (χ4n) is 12.6. The summed E-state index contributed by atoms with van der Waals surface area (Å²) in [5, 5.41) is 23.3. The van der Waals surface area contributed by atoms with Gasteiger partial charge < -0.3 is 65.6 Å². The molecular weight excluding hydrogens is 1240 g/mol. The van der Waals surface area contributed by atoms with Crippen LogP contribution in [0.2, 0.25) is 0 Å². The van der Waals surface area contributed by atoms with Crippen LogP contribution in [0.5, 0.6) is 0 Å². The van der Waals surface area contributed by atoms with E-state index < -0.39 is 171 Å². The van der Waals surface area contributed by atoms with Gasteiger partial charge in [0.2, 0.25) is 75.0 Å². The summed E-state index contributed by atoms with van der Waals surface area (Å²) in [7, 11) is 6.32. The zero-order chi connectivity index (χ0) is 73.3. The molecule has 2 aliphatic heterocycles. The molecule has 0 saturated carbocycles. The fraction of sp³-hybridized carbons (Fsp3) is 0.806. The van der Waals surface area contributed by atoms with Gasteiger partial charge in [0.25, 0.3) is 0 Å². The van der Waals surface area contributed by atoms with E-state index in [2.05, 4.69) is 21.3 Å². The molecule has 0 spiro atoms. The topological polar surface area (TPSA) is 319 Å². The van der Waals surface area contributed by atoms with Crippen molar-refractivity contribution in [2.24, 2.45) is 41.4 Å². The first-order valence-corrected chi connectivity index (χ1v) is 35.7. The summed E-state index contributed by atoms with van der Waals surface area (Å²) in [6.07, 6.45) is 3.78. The maximum absolute atomic E-state index is 15.3. The second-order valence-corrected chi connectivity index (χ2v) is 30.7. The molecule has 11 amide bonds. The van der Waals surface area contributed by atoms with Crippen LogP contribution in [0.3, 0.4) is 0 Å². The molecule has 0 unspecified atom stereocenters. The van der Waals surface area contributed by atoms with Crippen molar-refractivity contribution in [1.29, 1.82) is 0 Å². The minimum absolute atomic E-state index is 0.0297. The predicted octanol–water partition coefficient (Wildman–Crippen LogP) is 1.82. The standard InChI is InChI=1S/C67H121N13O14S/c1-26-28-29-43(13)56(81)55-60(85)70-48(27-2)63(88)72(18)47(17)62(87)77(23)54(44(14)37-79-30-32-80(33-31-79)95(25,93)94)59(84)71-52(41(9)10)66(91)73(19)49(34-38(3)4)58(83)68-45(15)57(82)69-46(16)61(86)74(20)50(35-39(5)6)64(89)75(21)51(36-40(7)8)65(90)76(22)53(42(11)12)67(92)78(55)24/h26,28,38-56,81H,27,29-37H2,1-25H3,(H,68,83)(H,69,82)(H,70,85)(H,71,84)/b28-26+/t43-,44-,45+,46-,47-,48+,49+,50+,51+,52+,53+,54+,55+,56-/m1/s1. The van der Waals surface area contributed by atoms with Gasteiger partial charge in [0, 0.05) is 82.1 Å². The molecule has 2 heterocycles. The Hall–Kier alpha value is -6.26. The molecule has 2 saturated heterocycles. The molecule has 2 aliphatic rings. The van der Waals surface area contributed by atoms with E-state index in [0.717, 1.165) is 16.1 Å². The number of carbonyl (C=O) groups is 11. The number of nitrogens with one attached hydrogen (secondary N) is 4. The van der Waals surface area contributed by atoms with E-state index in [9.17, 15) is 37.5 Å². The number of aliphatic hydroxyl groups is 1. The van der Waals surface area contributed by atoms with Gasteiger partial charge in [-0.05, 0) is 101 Å². The molecule has 5 N–H and O–H groups in total. The number of carbonyl (C=O) groups excluding carboxylic acids is 11. The lowest BCUT2D eigenvalue weighted by Crippen LogP contribution is -2.64. The lowest BCUT2D eigenvalue weighted by molar-refractivity contribution is -0.157. The Kier molecular flexibility index (Phi) is 33.5. The molecule has 2 fully saturated rings. The van der Waals surface area contributed by atoms with Gasteiger partial charge in [-0.2, -0.15) is 4.31 Å². The largest absolute Gasteiger partial charge is 0.390 e. The van der Waals surface area contributed by atoms with E-state index in [-0.39, 0.29) is 69.5 Å². The number of hydrogen-bond acceptors (Lipinski definition) is 15. The number of rotatable bonds is 17. The third kappa shape index (κ3) is 22.9. The van der Waals surface area contributed by atoms with Crippen molar-refractivity contribution in [3.05, 3.63) is 12.2 Å². The summed E-state index contributed by atoms with van der Waals surface area (Å²) in [5.41, 5.74) is 0. The zero-order valence-corrected chi connectivity index (χ0v) is 62.7. The van der Waals surface area contributed by atoms with Gasteiger partial charge in [-0.1, -0.05) is 102 Å². The van der Waals surface area contributed by atoms with Crippen molar-refractivity contribution in [2.45, 2.75) is 222 Å². The van der Waals surface area contributed by atoms with Crippen LogP contribution in [0.1, 0.15) is 150 Å². The SMILES string of the molecule is C/C=C/C[C@@H](C)[C@@H](O)[C@H]1C(=O)N[C@@H](CC)C(=O)N(C)[C@H](C)C(=O)N(C)[C@@H]([C@H](C)CN2CCN(S(C)(=O)=O)CC2)C(=O)N[C@@H](C(C)C)C(=O)N(C)[C@@H](CC(C)C)C(=O)N[C@@H](C)C(=O)N[C@H](C)C(=O)N(C)[C@@H](CC(C)C)C(=O)N(C)[C@@H](CC(C)C)C(=O)N(C)[C@@H](C(C)C)C(=O)N1C. The highest BCUT2D eigenvalue weighted by Crippen LogP contribution is 2.26. The molecule has 544 valence electrons. The number of piperazine rings is 1. The average molecular weight is 1360 g/mol. The van der Waals surface area contributed by atoms with E-state index in [1.165, 1.54) is 98.9 Å². The van der Waals surface area contributed by atoms with Crippen LogP contribution in [0, 0.1) is 41.4 Å². The highest BCUT2D eigenvalue weighted by Gasteiger charge is 2.47. The van der Waals surface area contributed by atoms with Gasteiger partial charge in [0.05, 0.1) is 12.4 Å². The number of amides is 11. The molecule has 28 heteroatoms. The van der Waals surface area contributed by atoms with Crippen molar-refractivity contribution in [3.8, 4) is 0 Å². The predicted molar refractivity (Wildman–Crippen MR) is 366 cm³/mol. The monoisotopic (exact) mass is 1360 g/mol. The maximum atomic E-state index is 15.3. The first kappa shape index (κ1) is 84.8. The summed E-state index contributed by atoms with van der Waals surface area (Å²) >= 11 is 0. The Labute approximate surface area is 567 Å². The van der Waals surface area contributed by atoms with Gasteiger partial charge in [0.15, 0.2) is 0 Å². The third-order valence-electron chi connectivity index (χ3n) is 18.7. The molecule has 2 rings (SSSR count). The Morgan fingerprint density at radius 2 is 0.926 bits per heavy atom. The van der Waals surface area contributed by atoms with Crippen LogP contribution in [0.4, 0.5) is 0 Å². The first-order chi connectivity index (χ1) is 43.8. The highest BCUT2D eigenvalue weighted by atomic mass is 32.2. The number of aliphatic hydroxyl groups excluding tert-OH is 1. The molecule has 0 radical (unpaired) electrons. The second kappa shape index (κ2) is 37.5. The zero-order valence-electron chi connectivity index (χ0n) is 61.9. The fourth-order valence-corrected chi connectivity index (χ4v) is 13.4. The number of allylic oxidation sites excluding steroid dienone is 2. The van der Waals surface area contributed by atoms with E-state index in [0.29, 0.717) is 13.1 Å². The van der Waals surface area contributed by atoms with Crippen LogP contribution >= 0.6 is 0 Å². The van der Waals surface area contributed by atoms with E-state index in [1.54, 1.807) is 67.5 Å². The average Bonchev–Trinajstić information content (AvgIpc) is 0.815. The Balaban J connectivity index is 3.06. The minimum Gasteiger partial charge on any atom is -0.390 e. The highest BCUT2D eigenvalue weighted by molar-refractivity contribution is 7.88. The summed E-state index contributed by atoms with van der Waals surface area (Å²) in [6.45, 7) is 30.3. The van der Waals surface area contributed by atoms with Crippen molar-refractivity contribution in [1.82, 2.24) is 64.8 Å². The molecule has 0 aromatic heterocycles. The van der Waals surface area contributed by atoms with E-state index in [1.807, 2.05) is 46.4 Å². The summed E-state index contributed by atoms with van der Waals surface area (Å²) in [6, 6.07) is -14.3. The molecule has 95 heavy (non-hydrogen) atoms. The van der Waals surface area contributed by atoms with Crippen LogP contribution in [-0.4, -0.2) is 283 Å². The van der Waals surface area contributed by atoms with Crippen LogP contribution in [-0.2, 0) is 62.8 Å². The molecule has 14 atom stereocenters. The van der Waals surface area contributed by atoms with Crippen LogP contribution in [0.15, 0.2) is 12.2 Å².